The molecule has 0 radical (unpaired) electrons. The van der Waals surface area contributed by atoms with Crippen molar-refractivity contribution in [2.75, 3.05) is 12.0 Å². The third-order valence-electron chi connectivity index (χ3n) is 3.23. The van der Waals surface area contributed by atoms with Gasteiger partial charge in [0.15, 0.2) is 0 Å². The molecule has 0 aliphatic rings. The number of nitrogens with one attached hydrogen (secondary N) is 1. The van der Waals surface area contributed by atoms with E-state index < -0.39 is 12.0 Å². The molecule has 2 atom stereocenters. The van der Waals surface area contributed by atoms with Crippen LogP contribution in [0.5, 0.6) is 0 Å². The lowest BCUT2D eigenvalue weighted by molar-refractivity contribution is -0.142. The molecule has 0 bridgehead atoms. The molecule has 21 heavy (non-hydrogen) atoms. The summed E-state index contributed by atoms with van der Waals surface area (Å²) >= 11 is 1.57. The van der Waals surface area contributed by atoms with Crippen LogP contribution in [0, 0.1) is 0 Å². The molecular formula is C14H23N3O3S. The summed E-state index contributed by atoms with van der Waals surface area (Å²) in [6.45, 7) is 2.06. The molecule has 0 fully saturated rings. The Morgan fingerprint density at radius 3 is 2.71 bits per heavy atom. The number of rotatable bonds is 10. The number of carboxylic acids is 1. The van der Waals surface area contributed by atoms with Gasteiger partial charge in [0.05, 0.1) is 6.33 Å². The molecular weight excluding hydrogens is 290 g/mol. The van der Waals surface area contributed by atoms with Gasteiger partial charge in [0.1, 0.15) is 6.04 Å². The van der Waals surface area contributed by atoms with Gasteiger partial charge in [0.2, 0.25) is 5.91 Å². The minimum atomic E-state index is -0.980. The first-order valence-corrected chi connectivity index (χ1v) is 8.46. The lowest BCUT2D eigenvalue weighted by Crippen LogP contribution is -2.41. The van der Waals surface area contributed by atoms with Crippen molar-refractivity contribution in [3.05, 3.63) is 18.7 Å². The predicted molar refractivity (Wildman–Crippen MR) is 83.4 cm³/mol. The highest BCUT2D eigenvalue weighted by Gasteiger charge is 2.21. The number of amides is 1. The number of nitrogens with zero attached hydrogens (tertiary/aromatic N) is 2. The molecule has 1 aromatic rings. The van der Waals surface area contributed by atoms with Crippen molar-refractivity contribution in [3.63, 3.8) is 0 Å². The standard InChI is InChI=1S/C14H23N3O3S/c1-3-4-11(17-7-6-15-10-17)9-13(18)16-12(14(19)20)5-8-21-2/h6-7,10-12H,3-5,8-9H2,1-2H3,(H,16,18)(H,19,20)/t11?,12-/m0/s1. The van der Waals surface area contributed by atoms with E-state index >= 15 is 0 Å². The molecule has 0 saturated heterocycles. The van der Waals surface area contributed by atoms with Crippen LogP contribution in [0.1, 0.15) is 38.6 Å². The minimum absolute atomic E-state index is 0.0208. The molecule has 1 amide bonds. The van der Waals surface area contributed by atoms with Gasteiger partial charge in [0, 0.05) is 24.9 Å². The maximum absolute atomic E-state index is 12.1. The number of aromatic nitrogens is 2. The van der Waals surface area contributed by atoms with Crippen LogP contribution in [0.25, 0.3) is 0 Å². The zero-order valence-corrected chi connectivity index (χ0v) is 13.3. The average Bonchev–Trinajstić information content (AvgIpc) is 2.96. The Bertz CT molecular complexity index is 437. The van der Waals surface area contributed by atoms with E-state index in [1.165, 1.54) is 0 Å². The van der Waals surface area contributed by atoms with Crippen LogP contribution in [0.15, 0.2) is 18.7 Å². The normalized spacial score (nSPS) is 13.6. The third kappa shape index (κ3) is 6.20. The quantitative estimate of drug-likeness (QED) is 0.689. The highest BCUT2D eigenvalue weighted by Crippen LogP contribution is 2.17. The Morgan fingerprint density at radius 1 is 1.43 bits per heavy atom. The molecule has 0 saturated carbocycles. The van der Waals surface area contributed by atoms with Crippen LogP contribution in [0.3, 0.4) is 0 Å². The molecule has 1 rings (SSSR count). The fourth-order valence-electron chi connectivity index (χ4n) is 2.14. The number of carbonyl (C=O) groups excluding carboxylic acids is 1. The fraction of sp³-hybridized carbons (Fsp3) is 0.643. The lowest BCUT2D eigenvalue weighted by Gasteiger charge is -2.19. The summed E-state index contributed by atoms with van der Waals surface area (Å²) in [6.07, 6.45) is 9.62. The van der Waals surface area contributed by atoms with Crippen molar-refractivity contribution >= 4 is 23.6 Å². The smallest absolute Gasteiger partial charge is 0.326 e. The first-order valence-electron chi connectivity index (χ1n) is 7.07. The molecule has 6 nitrogen and oxygen atoms in total. The summed E-state index contributed by atoms with van der Waals surface area (Å²) in [5.74, 6) is -0.500. The number of aliphatic carboxylic acids is 1. The second kappa shape index (κ2) is 9.44. The number of carbonyl (C=O) groups is 2. The van der Waals surface area contributed by atoms with E-state index in [-0.39, 0.29) is 18.4 Å². The Labute approximate surface area is 129 Å². The molecule has 1 unspecified atom stereocenters. The summed E-state index contributed by atoms with van der Waals surface area (Å²) in [4.78, 5) is 27.2. The zero-order valence-electron chi connectivity index (χ0n) is 12.5. The SMILES string of the molecule is CCCC(CC(=O)N[C@@H](CCSC)C(=O)O)n1ccnc1. The maximum Gasteiger partial charge on any atom is 0.326 e. The molecule has 0 aromatic carbocycles. The third-order valence-corrected chi connectivity index (χ3v) is 3.88. The van der Waals surface area contributed by atoms with Crippen molar-refractivity contribution in [3.8, 4) is 0 Å². The van der Waals surface area contributed by atoms with E-state index in [0.717, 1.165) is 12.8 Å². The van der Waals surface area contributed by atoms with Crippen LogP contribution in [-0.2, 0) is 9.59 Å². The predicted octanol–water partition coefficient (Wildman–Crippen LogP) is 1.94. The summed E-state index contributed by atoms with van der Waals surface area (Å²) < 4.78 is 1.90. The van der Waals surface area contributed by atoms with E-state index in [1.807, 2.05) is 17.0 Å². The number of hydrogen-bond acceptors (Lipinski definition) is 4. The second-order valence-corrected chi connectivity index (χ2v) is 5.88. The molecule has 118 valence electrons. The zero-order chi connectivity index (χ0) is 15.7. The van der Waals surface area contributed by atoms with Gasteiger partial charge < -0.3 is 15.0 Å². The van der Waals surface area contributed by atoms with Crippen molar-refractivity contribution in [2.45, 2.75) is 44.7 Å². The van der Waals surface area contributed by atoms with Crippen molar-refractivity contribution in [1.82, 2.24) is 14.9 Å². The molecule has 0 spiro atoms. The van der Waals surface area contributed by atoms with Crippen molar-refractivity contribution in [1.29, 1.82) is 0 Å². The Balaban J connectivity index is 2.58. The summed E-state index contributed by atoms with van der Waals surface area (Å²) in [5.41, 5.74) is 0. The Hall–Kier alpha value is -1.50. The van der Waals surface area contributed by atoms with Gasteiger partial charge in [-0.25, -0.2) is 9.78 Å². The topological polar surface area (TPSA) is 84.2 Å². The summed E-state index contributed by atoms with van der Waals surface area (Å²) in [6, 6.07) is -0.789. The van der Waals surface area contributed by atoms with Crippen LogP contribution < -0.4 is 5.32 Å². The molecule has 1 aromatic heterocycles. The minimum Gasteiger partial charge on any atom is -0.480 e. The molecule has 2 N–H and O–H groups in total. The van der Waals surface area contributed by atoms with Crippen LogP contribution >= 0.6 is 11.8 Å². The van der Waals surface area contributed by atoms with Crippen LogP contribution in [0.2, 0.25) is 0 Å². The first kappa shape index (κ1) is 17.6. The first-order chi connectivity index (χ1) is 10.1. The molecule has 0 aliphatic heterocycles. The molecule has 1 heterocycles. The van der Waals surface area contributed by atoms with Gasteiger partial charge in [-0.1, -0.05) is 13.3 Å². The molecule has 0 aliphatic carbocycles. The highest BCUT2D eigenvalue weighted by atomic mass is 32.2. The largest absolute Gasteiger partial charge is 0.480 e. The highest BCUT2D eigenvalue weighted by molar-refractivity contribution is 7.98. The van der Waals surface area contributed by atoms with E-state index in [1.54, 1.807) is 24.3 Å². The average molecular weight is 313 g/mol. The lowest BCUT2D eigenvalue weighted by atomic mass is 10.1. The number of imidazole rings is 1. The van der Waals surface area contributed by atoms with E-state index in [4.69, 9.17) is 5.11 Å². The van der Waals surface area contributed by atoms with Gasteiger partial charge in [-0.15, -0.1) is 0 Å². The second-order valence-electron chi connectivity index (χ2n) is 4.90. The number of hydrogen-bond donors (Lipinski definition) is 2. The van der Waals surface area contributed by atoms with E-state index in [2.05, 4.69) is 17.2 Å². The monoisotopic (exact) mass is 313 g/mol. The van der Waals surface area contributed by atoms with Crippen molar-refractivity contribution < 1.29 is 14.7 Å². The Kier molecular flexibility index (Phi) is 7.89. The van der Waals surface area contributed by atoms with Crippen LogP contribution in [-0.4, -0.2) is 44.6 Å². The summed E-state index contributed by atoms with van der Waals surface area (Å²) in [7, 11) is 0. The number of thioether (sulfide) groups is 1. The molecule has 7 heteroatoms. The van der Waals surface area contributed by atoms with E-state index in [0.29, 0.717) is 12.2 Å². The number of carboxylic acid groups (broad SMARTS) is 1. The summed E-state index contributed by atoms with van der Waals surface area (Å²) in [5, 5.41) is 11.7. The van der Waals surface area contributed by atoms with Gasteiger partial charge in [-0.05, 0) is 24.9 Å². The van der Waals surface area contributed by atoms with Crippen molar-refractivity contribution in [2.24, 2.45) is 0 Å². The van der Waals surface area contributed by atoms with Gasteiger partial charge in [0.25, 0.3) is 0 Å². The maximum atomic E-state index is 12.1. The van der Waals surface area contributed by atoms with Gasteiger partial charge in [-0.3, -0.25) is 4.79 Å². The van der Waals surface area contributed by atoms with Gasteiger partial charge >= 0.3 is 5.97 Å². The van der Waals surface area contributed by atoms with Crippen LogP contribution in [0.4, 0.5) is 0 Å². The van der Waals surface area contributed by atoms with Gasteiger partial charge in [-0.2, -0.15) is 11.8 Å². The van der Waals surface area contributed by atoms with E-state index in [9.17, 15) is 9.59 Å². The fourth-order valence-corrected chi connectivity index (χ4v) is 2.61. The Morgan fingerprint density at radius 2 is 2.19 bits per heavy atom.